The standard InChI is InChI=1S/C16H18ClN3OS/c1-20(11-6-8-18-9-7-11)16(21)14-10-22-15(19-14)12-4-2-3-5-13(12)17/h2-5,10-11,18H,6-9H2,1H3. The molecule has 0 spiro atoms. The molecule has 4 nitrogen and oxygen atoms in total. The number of carbonyl (C=O) groups excluding carboxylic acids is 1. The molecule has 0 radical (unpaired) electrons. The van der Waals surface area contributed by atoms with E-state index in [0.29, 0.717) is 16.8 Å². The zero-order chi connectivity index (χ0) is 15.5. The molecule has 1 fully saturated rings. The van der Waals surface area contributed by atoms with Gasteiger partial charge in [0, 0.05) is 24.0 Å². The smallest absolute Gasteiger partial charge is 0.273 e. The van der Waals surface area contributed by atoms with Gasteiger partial charge in [-0.3, -0.25) is 4.79 Å². The van der Waals surface area contributed by atoms with E-state index in [1.807, 2.05) is 41.6 Å². The number of rotatable bonds is 3. The lowest BCUT2D eigenvalue weighted by atomic mass is 10.1. The van der Waals surface area contributed by atoms with Crippen LogP contribution in [0.5, 0.6) is 0 Å². The normalized spacial score (nSPS) is 15.7. The van der Waals surface area contributed by atoms with E-state index in [0.717, 1.165) is 36.5 Å². The molecule has 3 rings (SSSR count). The van der Waals surface area contributed by atoms with Crippen LogP contribution in [-0.2, 0) is 0 Å². The SMILES string of the molecule is CN(C(=O)c1csc(-c2ccccc2Cl)n1)C1CCNCC1. The molecule has 1 aromatic carbocycles. The van der Waals surface area contributed by atoms with Crippen LogP contribution >= 0.6 is 22.9 Å². The number of halogens is 1. The van der Waals surface area contributed by atoms with Crippen molar-refractivity contribution in [2.45, 2.75) is 18.9 Å². The van der Waals surface area contributed by atoms with Gasteiger partial charge in [0.15, 0.2) is 0 Å². The number of hydrogen-bond acceptors (Lipinski definition) is 4. The Bertz CT molecular complexity index is 667. The summed E-state index contributed by atoms with van der Waals surface area (Å²) in [4.78, 5) is 18.9. The molecule has 116 valence electrons. The van der Waals surface area contributed by atoms with E-state index in [1.165, 1.54) is 11.3 Å². The fraction of sp³-hybridized carbons (Fsp3) is 0.375. The number of thiazole rings is 1. The number of carbonyl (C=O) groups is 1. The number of benzene rings is 1. The Morgan fingerprint density at radius 1 is 1.36 bits per heavy atom. The first-order valence-corrected chi connectivity index (χ1v) is 8.61. The molecule has 1 N–H and O–H groups in total. The molecular formula is C16H18ClN3OS. The fourth-order valence-corrected chi connectivity index (χ4v) is 3.78. The zero-order valence-electron chi connectivity index (χ0n) is 12.4. The summed E-state index contributed by atoms with van der Waals surface area (Å²) >= 11 is 7.65. The quantitative estimate of drug-likeness (QED) is 0.936. The number of aromatic nitrogens is 1. The summed E-state index contributed by atoms with van der Waals surface area (Å²) in [6.45, 7) is 1.93. The van der Waals surface area contributed by atoms with Crippen molar-refractivity contribution >= 4 is 28.8 Å². The Hall–Kier alpha value is -1.43. The lowest BCUT2D eigenvalue weighted by Crippen LogP contribution is -2.44. The maximum absolute atomic E-state index is 12.6. The van der Waals surface area contributed by atoms with Gasteiger partial charge in [-0.05, 0) is 32.0 Å². The van der Waals surface area contributed by atoms with Crippen molar-refractivity contribution in [3.8, 4) is 10.6 Å². The second-order valence-corrected chi connectivity index (χ2v) is 6.68. The second kappa shape index (κ2) is 6.77. The lowest BCUT2D eigenvalue weighted by molar-refractivity contribution is 0.0698. The first kappa shape index (κ1) is 15.5. The van der Waals surface area contributed by atoms with Crippen LogP contribution in [0.15, 0.2) is 29.6 Å². The number of hydrogen-bond donors (Lipinski definition) is 1. The molecule has 6 heteroatoms. The molecule has 1 amide bonds. The predicted molar refractivity (Wildman–Crippen MR) is 90.5 cm³/mol. The van der Waals surface area contributed by atoms with Crippen LogP contribution in [0.25, 0.3) is 10.6 Å². The molecule has 1 saturated heterocycles. The molecule has 0 atom stereocenters. The number of piperidine rings is 1. The van der Waals surface area contributed by atoms with Crippen molar-refractivity contribution in [2.75, 3.05) is 20.1 Å². The van der Waals surface area contributed by atoms with Crippen molar-refractivity contribution in [1.29, 1.82) is 0 Å². The molecule has 2 heterocycles. The summed E-state index contributed by atoms with van der Waals surface area (Å²) in [5.74, 6) is -0.0125. The first-order valence-electron chi connectivity index (χ1n) is 7.35. The highest BCUT2D eigenvalue weighted by molar-refractivity contribution is 7.13. The van der Waals surface area contributed by atoms with E-state index in [1.54, 1.807) is 0 Å². The largest absolute Gasteiger partial charge is 0.337 e. The molecule has 0 unspecified atom stereocenters. The van der Waals surface area contributed by atoms with Crippen LogP contribution in [0.3, 0.4) is 0 Å². The summed E-state index contributed by atoms with van der Waals surface area (Å²) in [6.07, 6.45) is 1.98. The molecular weight excluding hydrogens is 318 g/mol. The highest BCUT2D eigenvalue weighted by Crippen LogP contribution is 2.30. The van der Waals surface area contributed by atoms with Gasteiger partial charge in [-0.25, -0.2) is 4.98 Å². The monoisotopic (exact) mass is 335 g/mol. The molecule has 2 aromatic rings. The van der Waals surface area contributed by atoms with Gasteiger partial charge in [0.1, 0.15) is 10.7 Å². The van der Waals surface area contributed by atoms with E-state index in [4.69, 9.17) is 11.6 Å². The van der Waals surface area contributed by atoms with Gasteiger partial charge in [0.05, 0.1) is 5.02 Å². The van der Waals surface area contributed by atoms with E-state index < -0.39 is 0 Å². The second-order valence-electron chi connectivity index (χ2n) is 5.41. The third-order valence-electron chi connectivity index (χ3n) is 4.00. The van der Waals surface area contributed by atoms with Crippen LogP contribution in [-0.4, -0.2) is 42.0 Å². The van der Waals surface area contributed by atoms with Gasteiger partial charge < -0.3 is 10.2 Å². The van der Waals surface area contributed by atoms with Gasteiger partial charge in [0.25, 0.3) is 5.91 Å². The lowest BCUT2D eigenvalue weighted by Gasteiger charge is -2.31. The molecule has 0 aliphatic carbocycles. The van der Waals surface area contributed by atoms with Gasteiger partial charge in [0.2, 0.25) is 0 Å². The zero-order valence-corrected chi connectivity index (χ0v) is 14.0. The van der Waals surface area contributed by atoms with Crippen LogP contribution in [0.4, 0.5) is 0 Å². The number of nitrogens with zero attached hydrogens (tertiary/aromatic N) is 2. The van der Waals surface area contributed by atoms with Crippen LogP contribution in [0.1, 0.15) is 23.3 Å². The number of amides is 1. The maximum Gasteiger partial charge on any atom is 0.273 e. The highest BCUT2D eigenvalue weighted by Gasteiger charge is 2.24. The van der Waals surface area contributed by atoms with E-state index in [9.17, 15) is 4.79 Å². The average molecular weight is 336 g/mol. The third-order valence-corrected chi connectivity index (χ3v) is 5.21. The van der Waals surface area contributed by atoms with E-state index in [2.05, 4.69) is 10.3 Å². The molecule has 0 saturated carbocycles. The minimum atomic E-state index is -0.0125. The van der Waals surface area contributed by atoms with Crippen molar-refractivity contribution < 1.29 is 4.79 Å². The molecule has 0 bridgehead atoms. The summed E-state index contributed by atoms with van der Waals surface area (Å²) in [5.41, 5.74) is 1.37. The fourth-order valence-electron chi connectivity index (χ4n) is 2.67. The Morgan fingerprint density at radius 3 is 2.82 bits per heavy atom. The summed E-state index contributed by atoms with van der Waals surface area (Å²) in [6, 6.07) is 7.85. The number of nitrogens with one attached hydrogen (secondary N) is 1. The van der Waals surface area contributed by atoms with Gasteiger partial charge in [-0.2, -0.15) is 0 Å². The Kier molecular flexibility index (Phi) is 4.76. The maximum atomic E-state index is 12.6. The minimum absolute atomic E-state index is 0.0125. The average Bonchev–Trinajstić information content (AvgIpc) is 3.04. The van der Waals surface area contributed by atoms with Gasteiger partial charge >= 0.3 is 0 Å². The molecule has 22 heavy (non-hydrogen) atoms. The third kappa shape index (κ3) is 3.16. The highest BCUT2D eigenvalue weighted by atomic mass is 35.5. The van der Waals surface area contributed by atoms with Crippen LogP contribution in [0.2, 0.25) is 5.02 Å². The summed E-state index contributed by atoms with van der Waals surface area (Å²) in [7, 11) is 1.87. The van der Waals surface area contributed by atoms with Crippen molar-refractivity contribution in [3.63, 3.8) is 0 Å². The molecule has 1 aromatic heterocycles. The van der Waals surface area contributed by atoms with Crippen LogP contribution < -0.4 is 5.32 Å². The minimum Gasteiger partial charge on any atom is -0.337 e. The summed E-state index contributed by atoms with van der Waals surface area (Å²) < 4.78 is 0. The van der Waals surface area contributed by atoms with E-state index >= 15 is 0 Å². The van der Waals surface area contributed by atoms with Gasteiger partial charge in [-0.15, -0.1) is 11.3 Å². The van der Waals surface area contributed by atoms with Crippen LogP contribution in [0, 0.1) is 0 Å². The van der Waals surface area contributed by atoms with Crippen molar-refractivity contribution in [3.05, 3.63) is 40.4 Å². The Balaban J connectivity index is 1.78. The van der Waals surface area contributed by atoms with Crippen molar-refractivity contribution in [2.24, 2.45) is 0 Å². The first-order chi connectivity index (χ1) is 10.7. The molecule has 1 aliphatic heterocycles. The van der Waals surface area contributed by atoms with E-state index in [-0.39, 0.29) is 5.91 Å². The Labute approximate surface area is 139 Å². The predicted octanol–water partition coefficient (Wildman–Crippen LogP) is 3.29. The van der Waals surface area contributed by atoms with Gasteiger partial charge in [-0.1, -0.05) is 29.8 Å². The Morgan fingerprint density at radius 2 is 2.09 bits per heavy atom. The molecule has 1 aliphatic rings. The summed E-state index contributed by atoms with van der Waals surface area (Å²) in [5, 5.41) is 6.57. The topological polar surface area (TPSA) is 45.2 Å². The van der Waals surface area contributed by atoms with Crippen molar-refractivity contribution in [1.82, 2.24) is 15.2 Å².